The van der Waals surface area contributed by atoms with Gasteiger partial charge in [-0.15, -0.1) is 6.58 Å². The number of ketones is 2. The summed E-state index contributed by atoms with van der Waals surface area (Å²) in [5.41, 5.74) is 2.22. The second kappa shape index (κ2) is 8.43. The third kappa shape index (κ3) is 4.43. The summed E-state index contributed by atoms with van der Waals surface area (Å²) >= 11 is 0. The quantitative estimate of drug-likeness (QED) is 0.399. The van der Waals surface area contributed by atoms with E-state index in [4.69, 9.17) is 0 Å². The molecule has 0 aliphatic heterocycles. The minimum atomic E-state index is -0.510. The molecular formula is C26H34O2. The third-order valence-corrected chi connectivity index (χ3v) is 5.97. The van der Waals surface area contributed by atoms with E-state index >= 15 is 0 Å². The fourth-order valence-corrected chi connectivity index (χ4v) is 4.65. The maximum atomic E-state index is 13.2. The zero-order chi connectivity index (χ0) is 21.1. The van der Waals surface area contributed by atoms with Crippen LogP contribution >= 0.6 is 0 Å². The van der Waals surface area contributed by atoms with Crippen LogP contribution in [0.4, 0.5) is 0 Å². The maximum absolute atomic E-state index is 13.2. The smallest absolute Gasteiger partial charge is 0.163 e. The van der Waals surface area contributed by atoms with Crippen molar-refractivity contribution < 1.29 is 9.59 Å². The van der Waals surface area contributed by atoms with E-state index in [0.29, 0.717) is 6.42 Å². The largest absolute Gasteiger partial charge is 0.294 e. The number of Topliss-reactive ketones (excluding diaryl/α,β-unsaturated/α-hetero) is 1. The van der Waals surface area contributed by atoms with Gasteiger partial charge in [-0.3, -0.25) is 9.59 Å². The first-order valence-corrected chi connectivity index (χ1v) is 10.1. The number of carbonyl (C=O) groups excluding carboxylic acids is 2. The van der Waals surface area contributed by atoms with Crippen LogP contribution in [-0.2, 0) is 9.59 Å². The summed E-state index contributed by atoms with van der Waals surface area (Å²) in [6.07, 6.45) is 15.6. The Kier molecular flexibility index (Phi) is 6.64. The fourth-order valence-electron chi connectivity index (χ4n) is 4.65. The molecule has 2 aliphatic carbocycles. The van der Waals surface area contributed by atoms with E-state index in [-0.39, 0.29) is 28.8 Å². The van der Waals surface area contributed by atoms with E-state index in [2.05, 4.69) is 53.0 Å². The van der Waals surface area contributed by atoms with E-state index in [1.807, 2.05) is 19.1 Å². The zero-order valence-corrected chi connectivity index (χ0v) is 18.0. The van der Waals surface area contributed by atoms with Gasteiger partial charge >= 0.3 is 0 Å². The van der Waals surface area contributed by atoms with Gasteiger partial charge in [0.15, 0.2) is 11.6 Å². The van der Waals surface area contributed by atoms with Gasteiger partial charge in [-0.05, 0) is 42.4 Å². The Morgan fingerprint density at radius 2 is 1.89 bits per heavy atom. The monoisotopic (exact) mass is 378 g/mol. The predicted octanol–water partition coefficient (Wildman–Crippen LogP) is 6.33. The van der Waals surface area contributed by atoms with Crippen molar-refractivity contribution in [1.82, 2.24) is 0 Å². The first kappa shape index (κ1) is 22.1. The van der Waals surface area contributed by atoms with Gasteiger partial charge < -0.3 is 0 Å². The van der Waals surface area contributed by atoms with E-state index in [9.17, 15) is 9.59 Å². The molecule has 0 saturated heterocycles. The lowest BCUT2D eigenvalue weighted by Crippen LogP contribution is -2.37. The van der Waals surface area contributed by atoms with Crippen LogP contribution in [0, 0.1) is 22.7 Å². The molecule has 0 fully saturated rings. The number of carbonyl (C=O) groups is 2. The summed E-state index contributed by atoms with van der Waals surface area (Å²) in [5, 5.41) is 0. The first-order valence-electron chi connectivity index (χ1n) is 10.1. The molecule has 0 N–H and O–H groups in total. The fraction of sp³-hybridized carbons (Fsp3) is 0.462. The zero-order valence-electron chi connectivity index (χ0n) is 18.0. The maximum Gasteiger partial charge on any atom is 0.163 e. The summed E-state index contributed by atoms with van der Waals surface area (Å²) in [6, 6.07) is 0. The second-order valence-corrected chi connectivity index (χ2v) is 9.32. The van der Waals surface area contributed by atoms with Crippen LogP contribution < -0.4 is 0 Å². The molecule has 2 unspecified atom stereocenters. The molecule has 2 nitrogen and oxygen atoms in total. The lowest BCUT2D eigenvalue weighted by Gasteiger charge is -2.41. The van der Waals surface area contributed by atoms with Gasteiger partial charge in [0.05, 0.1) is 5.92 Å². The van der Waals surface area contributed by atoms with Crippen molar-refractivity contribution in [1.29, 1.82) is 0 Å². The highest BCUT2D eigenvalue weighted by Crippen LogP contribution is 2.48. The Morgan fingerprint density at radius 1 is 1.21 bits per heavy atom. The van der Waals surface area contributed by atoms with Crippen LogP contribution in [-0.4, -0.2) is 11.6 Å². The average Bonchev–Trinajstić information content (AvgIpc) is 2.56. The normalized spacial score (nSPS) is 27.7. The lowest BCUT2D eigenvalue weighted by atomic mass is 9.61. The van der Waals surface area contributed by atoms with Crippen molar-refractivity contribution in [3.05, 3.63) is 72.4 Å². The molecule has 0 amide bonds. The van der Waals surface area contributed by atoms with Crippen LogP contribution in [0.25, 0.3) is 0 Å². The predicted molar refractivity (Wildman–Crippen MR) is 118 cm³/mol. The number of hydrogen-bond acceptors (Lipinski definition) is 2. The van der Waals surface area contributed by atoms with Crippen molar-refractivity contribution >= 4 is 11.6 Å². The van der Waals surface area contributed by atoms with Gasteiger partial charge in [0, 0.05) is 23.3 Å². The van der Waals surface area contributed by atoms with Crippen molar-refractivity contribution in [2.75, 3.05) is 0 Å². The highest BCUT2D eigenvalue weighted by Gasteiger charge is 2.43. The van der Waals surface area contributed by atoms with Gasteiger partial charge in [0.2, 0.25) is 0 Å². The van der Waals surface area contributed by atoms with Crippen molar-refractivity contribution in [2.24, 2.45) is 22.7 Å². The first-order chi connectivity index (χ1) is 13.0. The number of rotatable bonds is 6. The molecule has 150 valence electrons. The Balaban J connectivity index is 2.68. The van der Waals surface area contributed by atoms with Gasteiger partial charge in [0.25, 0.3) is 0 Å². The van der Waals surface area contributed by atoms with Gasteiger partial charge in [-0.25, -0.2) is 0 Å². The second-order valence-electron chi connectivity index (χ2n) is 9.32. The highest BCUT2D eigenvalue weighted by atomic mass is 16.1. The molecule has 2 atom stereocenters. The van der Waals surface area contributed by atoms with Crippen LogP contribution in [0.3, 0.4) is 0 Å². The molecule has 2 heteroatoms. The number of hydrogen-bond donors (Lipinski definition) is 0. The van der Waals surface area contributed by atoms with E-state index in [1.54, 1.807) is 18.2 Å². The van der Waals surface area contributed by atoms with Crippen molar-refractivity contribution in [2.45, 2.75) is 53.9 Å². The molecule has 2 rings (SSSR count). The molecule has 0 radical (unpaired) electrons. The lowest BCUT2D eigenvalue weighted by molar-refractivity contribution is -0.120. The Morgan fingerprint density at radius 3 is 2.46 bits per heavy atom. The Bertz CT molecular complexity index is 796. The van der Waals surface area contributed by atoms with Crippen molar-refractivity contribution in [3.8, 4) is 0 Å². The molecule has 0 saturated carbocycles. The molecule has 0 aromatic rings. The number of allylic oxidation sites excluding steroid dienone is 10. The third-order valence-electron chi connectivity index (χ3n) is 5.97. The van der Waals surface area contributed by atoms with Crippen LogP contribution in [0.1, 0.15) is 53.9 Å². The Hall–Kier alpha value is -2.22. The summed E-state index contributed by atoms with van der Waals surface area (Å²) in [4.78, 5) is 26.1. The molecule has 0 bridgehead atoms. The topological polar surface area (TPSA) is 34.1 Å². The van der Waals surface area contributed by atoms with E-state index < -0.39 is 5.41 Å². The minimum absolute atomic E-state index is 0.0365. The van der Waals surface area contributed by atoms with Crippen LogP contribution in [0.15, 0.2) is 72.4 Å². The highest BCUT2D eigenvalue weighted by molar-refractivity contribution is 6.00. The van der Waals surface area contributed by atoms with Crippen LogP contribution in [0.2, 0.25) is 0 Å². The molecule has 0 aromatic heterocycles. The summed E-state index contributed by atoms with van der Waals surface area (Å²) in [7, 11) is 0. The van der Waals surface area contributed by atoms with Crippen LogP contribution in [0.5, 0.6) is 0 Å². The summed E-state index contributed by atoms with van der Waals surface area (Å²) in [5.74, 6) is -0.177. The molecule has 2 aliphatic rings. The SMILES string of the molecule is C=CCC(=O)C(=C1C=CC(=C)C(C(=O)C=CC)C1(C)C)C1C=CCC(C)(C)C1. The molecular weight excluding hydrogens is 344 g/mol. The van der Waals surface area contributed by atoms with Gasteiger partial charge in [0.1, 0.15) is 0 Å². The summed E-state index contributed by atoms with van der Waals surface area (Å²) in [6.45, 7) is 18.3. The van der Waals surface area contributed by atoms with Crippen molar-refractivity contribution in [3.63, 3.8) is 0 Å². The molecule has 0 spiro atoms. The molecule has 28 heavy (non-hydrogen) atoms. The average molecular weight is 379 g/mol. The molecule has 0 aromatic carbocycles. The van der Waals surface area contributed by atoms with Gasteiger partial charge in [-0.2, -0.15) is 0 Å². The minimum Gasteiger partial charge on any atom is -0.294 e. The standard InChI is InChI=1S/C26H34O2/c1-8-11-21(27)23(19-13-10-16-25(4,5)17-19)20-15-14-18(3)24(26(20,6)7)22(28)12-9-2/h8-10,12-15,19,24H,1,3,11,16-17H2,2,4-7H3. The summed E-state index contributed by atoms with van der Waals surface area (Å²) < 4.78 is 0. The van der Waals surface area contributed by atoms with Gasteiger partial charge in [-0.1, -0.05) is 70.7 Å². The van der Waals surface area contributed by atoms with E-state index in [1.165, 1.54) is 0 Å². The molecule has 0 heterocycles. The van der Waals surface area contributed by atoms with E-state index in [0.717, 1.165) is 29.6 Å². The Labute approximate surface area is 170 Å².